The van der Waals surface area contributed by atoms with Crippen molar-refractivity contribution in [2.75, 3.05) is 11.4 Å². The van der Waals surface area contributed by atoms with Gasteiger partial charge < -0.3 is 10.2 Å². The average Bonchev–Trinajstić information content (AvgIpc) is 2.58. The number of hydrogen-bond acceptors (Lipinski definition) is 3. The van der Waals surface area contributed by atoms with Gasteiger partial charge in [0.05, 0.1) is 11.3 Å². The molecule has 2 rings (SSSR count). The molecule has 0 saturated heterocycles. The van der Waals surface area contributed by atoms with Gasteiger partial charge in [0.2, 0.25) is 11.8 Å². The van der Waals surface area contributed by atoms with Crippen LogP contribution in [0.2, 0.25) is 0 Å². The summed E-state index contributed by atoms with van der Waals surface area (Å²) in [5.41, 5.74) is 1.03. The van der Waals surface area contributed by atoms with E-state index in [0.29, 0.717) is 16.8 Å². The van der Waals surface area contributed by atoms with Gasteiger partial charge in [0.25, 0.3) is 0 Å². The van der Waals surface area contributed by atoms with Gasteiger partial charge in [0.1, 0.15) is 18.4 Å². The summed E-state index contributed by atoms with van der Waals surface area (Å²) in [5.74, 6) is -1.21. The minimum atomic E-state index is -0.443. The lowest BCUT2D eigenvalue weighted by atomic mass is 10.1. The summed E-state index contributed by atoms with van der Waals surface area (Å²) >= 11 is 0. The van der Waals surface area contributed by atoms with Crippen LogP contribution in [-0.2, 0) is 16.1 Å². The molecule has 2 aromatic carbocycles. The number of carbonyl (C=O) groups is 2. The predicted molar refractivity (Wildman–Crippen MR) is 87.4 cm³/mol. The maximum atomic E-state index is 13.5. The van der Waals surface area contributed by atoms with Crippen LogP contribution in [0.5, 0.6) is 0 Å². The molecule has 0 aliphatic rings. The highest BCUT2D eigenvalue weighted by Gasteiger charge is 2.18. The second-order valence-electron chi connectivity index (χ2n) is 5.10. The Morgan fingerprint density at radius 1 is 1.17 bits per heavy atom. The van der Waals surface area contributed by atoms with Gasteiger partial charge in [-0.3, -0.25) is 9.59 Å². The lowest BCUT2D eigenvalue weighted by molar-refractivity contribution is -0.123. The molecule has 1 N–H and O–H groups in total. The Morgan fingerprint density at radius 2 is 1.83 bits per heavy atom. The van der Waals surface area contributed by atoms with Gasteiger partial charge in [-0.05, 0) is 18.2 Å². The van der Waals surface area contributed by atoms with Gasteiger partial charge >= 0.3 is 0 Å². The van der Waals surface area contributed by atoms with Crippen LogP contribution in [0.4, 0.5) is 10.1 Å². The van der Waals surface area contributed by atoms with Gasteiger partial charge in [-0.15, -0.1) is 0 Å². The van der Waals surface area contributed by atoms with Gasteiger partial charge in [0.15, 0.2) is 0 Å². The Morgan fingerprint density at radius 3 is 2.50 bits per heavy atom. The van der Waals surface area contributed by atoms with E-state index in [1.165, 1.54) is 17.9 Å². The second kappa shape index (κ2) is 7.88. The molecule has 0 atom stereocenters. The van der Waals surface area contributed by atoms with Crippen molar-refractivity contribution in [2.24, 2.45) is 0 Å². The Hall–Kier alpha value is -3.20. The molecule has 0 unspecified atom stereocenters. The maximum Gasteiger partial charge on any atom is 0.240 e. The first kappa shape index (κ1) is 17.2. The van der Waals surface area contributed by atoms with Crippen LogP contribution in [0.3, 0.4) is 0 Å². The van der Waals surface area contributed by atoms with E-state index in [4.69, 9.17) is 5.26 Å². The molecule has 2 aromatic rings. The highest BCUT2D eigenvalue weighted by Crippen LogP contribution is 2.19. The molecule has 0 radical (unpaired) electrons. The molecule has 0 spiro atoms. The van der Waals surface area contributed by atoms with E-state index >= 15 is 0 Å². The fourth-order valence-corrected chi connectivity index (χ4v) is 2.20. The van der Waals surface area contributed by atoms with Crippen molar-refractivity contribution in [3.8, 4) is 6.07 Å². The van der Waals surface area contributed by atoms with E-state index in [9.17, 15) is 14.0 Å². The van der Waals surface area contributed by atoms with Crippen molar-refractivity contribution in [2.45, 2.75) is 13.5 Å². The molecule has 0 saturated carbocycles. The third-order valence-corrected chi connectivity index (χ3v) is 3.43. The van der Waals surface area contributed by atoms with Crippen LogP contribution in [-0.4, -0.2) is 18.4 Å². The number of halogens is 1. The molecule has 122 valence electrons. The van der Waals surface area contributed by atoms with Gasteiger partial charge in [-0.1, -0.05) is 30.3 Å². The average molecular weight is 325 g/mol. The number of nitriles is 1. The van der Waals surface area contributed by atoms with Crippen molar-refractivity contribution in [1.29, 1.82) is 5.26 Å². The summed E-state index contributed by atoms with van der Waals surface area (Å²) in [5, 5.41) is 11.7. The summed E-state index contributed by atoms with van der Waals surface area (Å²) in [6.45, 7) is 1.10. The second-order valence-corrected chi connectivity index (χ2v) is 5.10. The SMILES string of the molecule is CC(=O)N(CC(=O)NCc1ccccc1F)c1ccccc1C#N. The zero-order chi connectivity index (χ0) is 17.5. The predicted octanol–water partition coefficient (Wildman–Crippen LogP) is 2.37. The Labute approximate surface area is 139 Å². The summed E-state index contributed by atoms with van der Waals surface area (Å²) in [7, 11) is 0. The number of amides is 2. The summed E-state index contributed by atoms with van der Waals surface area (Å²) < 4.78 is 13.5. The molecule has 0 fully saturated rings. The molecular formula is C18H16FN3O2. The Bertz CT molecular complexity index is 799. The summed E-state index contributed by atoms with van der Waals surface area (Å²) in [6, 6.07) is 14.7. The lowest BCUT2D eigenvalue weighted by Gasteiger charge is -2.21. The van der Waals surface area contributed by atoms with Crippen molar-refractivity contribution in [3.63, 3.8) is 0 Å². The fraction of sp³-hybridized carbons (Fsp3) is 0.167. The highest BCUT2D eigenvalue weighted by molar-refractivity contribution is 5.98. The standard InChI is InChI=1S/C18H16FN3O2/c1-13(23)22(17-9-5-3-6-14(17)10-20)12-18(24)21-11-15-7-2-4-8-16(15)19/h2-9H,11-12H2,1H3,(H,21,24). The first-order valence-electron chi connectivity index (χ1n) is 7.30. The van der Waals surface area contributed by atoms with E-state index in [1.54, 1.807) is 42.5 Å². The first-order valence-corrected chi connectivity index (χ1v) is 7.30. The number of anilines is 1. The Balaban J connectivity index is 2.08. The zero-order valence-corrected chi connectivity index (χ0v) is 13.1. The number of nitrogens with one attached hydrogen (secondary N) is 1. The molecule has 0 aromatic heterocycles. The van der Waals surface area contributed by atoms with Crippen LogP contribution in [0.25, 0.3) is 0 Å². The van der Waals surface area contributed by atoms with E-state index in [1.807, 2.05) is 6.07 Å². The fourth-order valence-electron chi connectivity index (χ4n) is 2.20. The highest BCUT2D eigenvalue weighted by atomic mass is 19.1. The van der Waals surface area contributed by atoms with E-state index in [-0.39, 0.29) is 19.0 Å². The van der Waals surface area contributed by atoms with Gasteiger partial charge in [-0.25, -0.2) is 4.39 Å². The third kappa shape index (κ3) is 4.17. The normalized spacial score (nSPS) is 9.88. The van der Waals surface area contributed by atoms with Crippen molar-refractivity contribution in [3.05, 3.63) is 65.5 Å². The largest absolute Gasteiger partial charge is 0.350 e. The topological polar surface area (TPSA) is 73.2 Å². The number of nitrogens with zero attached hydrogens (tertiary/aromatic N) is 2. The van der Waals surface area contributed by atoms with Gasteiger partial charge in [0, 0.05) is 19.0 Å². The van der Waals surface area contributed by atoms with Crippen molar-refractivity contribution < 1.29 is 14.0 Å². The number of rotatable bonds is 5. The molecule has 5 nitrogen and oxygen atoms in total. The molecule has 0 aliphatic carbocycles. The van der Waals surface area contributed by atoms with Gasteiger partial charge in [-0.2, -0.15) is 5.26 Å². The molecule has 2 amide bonds. The third-order valence-electron chi connectivity index (χ3n) is 3.43. The monoisotopic (exact) mass is 325 g/mol. The molecular weight excluding hydrogens is 309 g/mol. The van der Waals surface area contributed by atoms with E-state index in [0.717, 1.165) is 0 Å². The minimum absolute atomic E-state index is 0.0249. The van der Waals surface area contributed by atoms with Crippen LogP contribution in [0.15, 0.2) is 48.5 Å². The van der Waals surface area contributed by atoms with Crippen LogP contribution < -0.4 is 10.2 Å². The molecule has 6 heteroatoms. The number of hydrogen-bond donors (Lipinski definition) is 1. The summed E-state index contributed by atoms with van der Waals surface area (Å²) in [6.07, 6.45) is 0. The van der Waals surface area contributed by atoms with Crippen molar-refractivity contribution in [1.82, 2.24) is 5.32 Å². The quantitative estimate of drug-likeness (QED) is 0.917. The van der Waals surface area contributed by atoms with Crippen LogP contribution in [0.1, 0.15) is 18.1 Å². The molecule has 0 bridgehead atoms. The number of carbonyl (C=O) groups excluding carboxylic acids is 2. The first-order chi connectivity index (χ1) is 11.5. The van der Waals surface area contributed by atoms with E-state index < -0.39 is 11.7 Å². The smallest absolute Gasteiger partial charge is 0.240 e. The molecule has 0 heterocycles. The zero-order valence-electron chi connectivity index (χ0n) is 13.1. The minimum Gasteiger partial charge on any atom is -0.350 e. The lowest BCUT2D eigenvalue weighted by Crippen LogP contribution is -2.40. The number of para-hydroxylation sites is 1. The number of benzene rings is 2. The summed E-state index contributed by atoms with van der Waals surface area (Å²) in [4.78, 5) is 25.2. The molecule has 0 aliphatic heterocycles. The molecule has 24 heavy (non-hydrogen) atoms. The van der Waals surface area contributed by atoms with E-state index in [2.05, 4.69) is 5.32 Å². The Kier molecular flexibility index (Phi) is 5.63. The van der Waals surface area contributed by atoms with Crippen LogP contribution in [0, 0.1) is 17.1 Å². The maximum absolute atomic E-state index is 13.5. The van der Waals surface area contributed by atoms with Crippen LogP contribution >= 0.6 is 0 Å². The van der Waals surface area contributed by atoms with Crippen molar-refractivity contribution >= 4 is 17.5 Å².